The summed E-state index contributed by atoms with van der Waals surface area (Å²) in [6, 6.07) is 17.9. The maximum Gasteiger partial charge on any atom is 0.136 e. The van der Waals surface area contributed by atoms with Gasteiger partial charge < -0.3 is 14.7 Å². The van der Waals surface area contributed by atoms with Crippen LogP contribution in [0.15, 0.2) is 48.5 Å². The van der Waals surface area contributed by atoms with E-state index >= 15 is 0 Å². The van der Waals surface area contributed by atoms with E-state index in [2.05, 4.69) is 84.4 Å². The lowest BCUT2D eigenvalue weighted by atomic mass is 9.69. The predicted molar refractivity (Wildman–Crippen MR) is 106 cm³/mol. The van der Waals surface area contributed by atoms with Crippen molar-refractivity contribution in [1.82, 2.24) is 0 Å². The molecule has 2 aliphatic heterocycles. The van der Waals surface area contributed by atoms with Crippen LogP contribution >= 0.6 is 0 Å². The molecule has 130 valence electrons. The Balaban J connectivity index is 1.71. The van der Waals surface area contributed by atoms with Gasteiger partial charge in [0.05, 0.1) is 16.9 Å². The topological polar surface area (TPSA) is 9.72 Å². The molecule has 2 aromatic rings. The Hall–Kier alpha value is -2.16. The van der Waals surface area contributed by atoms with Crippen LogP contribution in [0.25, 0.3) is 0 Å². The highest BCUT2D eigenvalue weighted by atomic mass is 15.5. The Morgan fingerprint density at radius 2 is 1.24 bits per heavy atom. The van der Waals surface area contributed by atoms with Crippen LogP contribution in [0.4, 0.5) is 17.1 Å². The van der Waals surface area contributed by atoms with E-state index in [1.807, 2.05) is 0 Å². The zero-order valence-electron chi connectivity index (χ0n) is 15.5. The molecule has 1 saturated carbocycles. The molecule has 3 aliphatic rings. The molecule has 0 saturated heterocycles. The zero-order valence-corrected chi connectivity index (χ0v) is 15.5. The first-order valence-electron chi connectivity index (χ1n) is 9.50. The third kappa shape index (κ3) is 1.62. The van der Waals surface area contributed by atoms with Crippen LogP contribution in [0, 0.1) is 0 Å². The van der Waals surface area contributed by atoms with E-state index in [0.29, 0.717) is 0 Å². The standard InChI is InChI=1S/C22H27N3/c1-23-18-11-5-4-10-17(18)16-21(23)14-8-9-15-22(21)24(2)19-12-6-7-13-20(19)25(22)3/h4-7,10-13H,8-9,14-16H2,1-3H3. The minimum Gasteiger partial charge on any atom is -0.364 e. The van der Waals surface area contributed by atoms with Gasteiger partial charge in [0, 0.05) is 33.3 Å². The summed E-state index contributed by atoms with van der Waals surface area (Å²) in [5.41, 5.74) is 5.80. The lowest BCUT2D eigenvalue weighted by Gasteiger charge is -2.60. The molecule has 3 heteroatoms. The molecule has 0 bridgehead atoms. The SMILES string of the molecule is CN1c2ccccc2CC12CCCCC21N(C)c2ccccc2N1C. The van der Waals surface area contributed by atoms with Crippen molar-refractivity contribution in [2.24, 2.45) is 0 Å². The molecule has 0 aromatic heterocycles. The highest BCUT2D eigenvalue weighted by Crippen LogP contribution is 2.59. The van der Waals surface area contributed by atoms with Gasteiger partial charge in [-0.3, -0.25) is 0 Å². The molecule has 0 amide bonds. The molecule has 25 heavy (non-hydrogen) atoms. The number of rotatable bonds is 0. The molecule has 3 nitrogen and oxygen atoms in total. The van der Waals surface area contributed by atoms with Gasteiger partial charge in [-0.1, -0.05) is 36.8 Å². The van der Waals surface area contributed by atoms with Gasteiger partial charge in [-0.15, -0.1) is 0 Å². The normalized spacial score (nSPS) is 26.4. The van der Waals surface area contributed by atoms with Crippen molar-refractivity contribution in [3.8, 4) is 0 Å². The number of hydrogen-bond acceptors (Lipinski definition) is 3. The Morgan fingerprint density at radius 1 is 0.680 bits per heavy atom. The summed E-state index contributed by atoms with van der Waals surface area (Å²) in [5.74, 6) is 0. The molecule has 1 aliphatic carbocycles. The predicted octanol–water partition coefficient (Wildman–Crippen LogP) is 4.27. The van der Waals surface area contributed by atoms with Gasteiger partial charge in [0.1, 0.15) is 5.66 Å². The zero-order chi connectivity index (χ0) is 17.2. The Morgan fingerprint density at radius 3 is 1.88 bits per heavy atom. The smallest absolute Gasteiger partial charge is 0.136 e. The third-order valence-electron chi connectivity index (χ3n) is 7.30. The van der Waals surface area contributed by atoms with Gasteiger partial charge in [-0.05, 0) is 43.0 Å². The molecule has 0 radical (unpaired) electrons. The number of anilines is 3. The summed E-state index contributed by atoms with van der Waals surface area (Å²) in [5, 5.41) is 0. The Kier molecular flexibility index (Phi) is 2.99. The Bertz CT molecular complexity index is 801. The highest BCUT2D eigenvalue weighted by molar-refractivity contribution is 5.81. The average molecular weight is 333 g/mol. The largest absolute Gasteiger partial charge is 0.364 e. The van der Waals surface area contributed by atoms with E-state index in [-0.39, 0.29) is 11.2 Å². The number of likely N-dealkylation sites (N-methyl/N-ethyl adjacent to an activating group) is 3. The van der Waals surface area contributed by atoms with Crippen molar-refractivity contribution in [1.29, 1.82) is 0 Å². The van der Waals surface area contributed by atoms with Crippen molar-refractivity contribution >= 4 is 17.1 Å². The summed E-state index contributed by atoms with van der Waals surface area (Å²) in [6.45, 7) is 0. The van der Waals surface area contributed by atoms with Crippen molar-refractivity contribution in [3.63, 3.8) is 0 Å². The van der Waals surface area contributed by atoms with Crippen LogP contribution < -0.4 is 14.7 Å². The van der Waals surface area contributed by atoms with Gasteiger partial charge in [-0.2, -0.15) is 0 Å². The van der Waals surface area contributed by atoms with Gasteiger partial charge >= 0.3 is 0 Å². The van der Waals surface area contributed by atoms with E-state index in [0.717, 1.165) is 6.42 Å². The lowest BCUT2D eigenvalue weighted by Crippen LogP contribution is -2.75. The fourth-order valence-corrected chi connectivity index (χ4v) is 6.15. The van der Waals surface area contributed by atoms with E-state index in [1.165, 1.54) is 48.3 Å². The number of benzene rings is 2. The van der Waals surface area contributed by atoms with E-state index in [9.17, 15) is 0 Å². The number of para-hydroxylation sites is 3. The number of fused-ring (bicyclic) bond motifs is 3. The number of hydrogen-bond donors (Lipinski definition) is 0. The molecule has 5 rings (SSSR count). The second-order valence-electron chi connectivity index (χ2n) is 8.03. The summed E-state index contributed by atoms with van der Waals surface area (Å²) < 4.78 is 0. The molecular weight excluding hydrogens is 306 g/mol. The molecule has 1 fully saturated rings. The maximum absolute atomic E-state index is 2.61. The van der Waals surface area contributed by atoms with Gasteiger partial charge in [0.2, 0.25) is 0 Å². The van der Waals surface area contributed by atoms with Crippen LogP contribution in [-0.2, 0) is 6.42 Å². The van der Waals surface area contributed by atoms with Crippen molar-refractivity contribution in [2.45, 2.75) is 43.3 Å². The van der Waals surface area contributed by atoms with Crippen LogP contribution in [0.1, 0.15) is 31.2 Å². The molecule has 0 N–H and O–H groups in total. The summed E-state index contributed by atoms with van der Waals surface area (Å²) in [7, 11) is 6.95. The third-order valence-corrected chi connectivity index (χ3v) is 7.30. The molecule has 2 aromatic carbocycles. The van der Waals surface area contributed by atoms with Crippen LogP contribution in [0.3, 0.4) is 0 Å². The highest BCUT2D eigenvalue weighted by Gasteiger charge is 2.64. The van der Waals surface area contributed by atoms with E-state index < -0.39 is 0 Å². The van der Waals surface area contributed by atoms with Crippen molar-refractivity contribution in [3.05, 3.63) is 54.1 Å². The van der Waals surface area contributed by atoms with Gasteiger partial charge in [0.15, 0.2) is 0 Å². The first kappa shape index (κ1) is 15.1. The van der Waals surface area contributed by atoms with Gasteiger partial charge in [-0.25, -0.2) is 0 Å². The maximum atomic E-state index is 2.61. The second kappa shape index (κ2) is 4.94. The first-order valence-corrected chi connectivity index (χ1v) is 9.50. The van der Waals surface area contributed by atoms with Crippen molar-refractivity contribution in [2.75, 3.05) is 35.8 Å². The minimum absolute atomic E-state index is 0.0166. The fourth-order valence-electron chi connectivity index (χ4n) is 6.15. The number of nitrogens with zero attached hydrogens (tertiary/aromatic N) is 3. The summed E-state index contributed by atoms with van der Waals surface area (Å²) >= 11 is 0. The van der Waals surface area contributed by atoms with Gasteiger partial charge in [0.25, 0.3) is 0 Å². The molecule has 2 heterocycles. The van der Waals surface area contributed by atoms with Crippen LogP contribution in [-0.4, -0.2) is 32.3 Å². The fraction of sp³-hybridized carbons (Fsp3) is 0.455. The lowest BCUT2D eigenvalue weighted by molar-refractivity contribution is 0.149. The molecular formula is C22H27N3. The molecule has 1 atom stereocenters. The average Bonchev–Trinajstić information content (AvgIpc) is 3.05. The first-order chi connectivity index (χ1) is 12.1. The monoisotopic (exact) mass is 333 g/mol. The Labute approximate surface area is 150 Å². The molecule has 1 unspecified atom stereocenters. The second-order valence-corrected chi connectivity index (χ2v) is 8.03. The van der Waals surface area contributed by atoms with Crippen molar-refractivity contribution < 1.29 is 0 Å². The summed E-state index contributed by atoms with van der Waals surface area (Å²) in [4.78, 5) is 7.79. The van der Waals surface area contributed by atoms with E-state index in [1.54, 1.807) is 0 Å². The van der Waals surface area contributed by atoms with Crippen LogP contribution in [0.2, 0.25) is 0 Å². The van der Waals surface area contributed by atoms with E-state index in [4.69, 9.17) is 0 Å². The quantitative estimate of drug-likeness (QED) is 0.713. The molecule has 2 spiro atoms. The summed E-state index contributed by atoms with van der Waals surface area (Å²) in [6.07, 6.45) is 6.23. The minimum atomic E-state index is 0.0166. The van der Waals surface area contributed by atoms with Crippen LogP contribution in [0.5, 0.6) is 0 Å².